The van der Waals surface area contributed by atoms with Crippen LogP contribution >= 0.6 is 0 Å². The molecule has 3 rings (SSSR count). The van der Waals surface area contributed by atoms with Crippen LogP contribution in [0.3, 0.4) is 0 Å². The van der Waals surface area contributed by atoms with Gasteiger partial charge in [0.1, 0.15) is 13.2 Å². The standard InChI is InChI=1S/C19H22N2O5S/c1-11-8-15(10-18(12(11)2)27(20,23)24)19(22)21-13(3)14-4-5-16-17(9-14)26-7-6-25-16/h4-5,8-10,13H,6-7H2,1-3H3,(H,21,22)(H2,20,23,24)/t13-/m1/s1. The van der Waals surface area contributed by atoms with Crippen LogP contribution in [0.4, 0.5) is 0 Å². The molecule has 0 spiro atoms. The monoisotopic (exact) mass is 390 g/mol. The second-order valence-corrected chi connectivity index (χ2v) is 8.09. The molecule has 0 aromatic heterocycles. The Balaban J connectivity index is 1.84. The van der Waals surface area contributed by atoms with E-state index >= 15 is 0 Å². The van der Waals surface area contributed by atoms with Crippen LogP contribution in [0.5, 0.6) is 11.5 Å². The van der Waals surface area contributed by atoms with Gasteiger partial charge in [-0.2, -0.15) is 0 Å². The SMILES string of the molecule is Cc1cc(C(=O)N[C@H](C)c2ccc3c(c2)OCCO3)cc(S(N)(=O)=O)c1C. The molecule has 144 valence electrons. The molecule has 1 aliphatic rings. The van der Waals surface area contributed by atoms with Crippen molar-refractivity contribution in [1.29, 1.82) is 0 Å². The number of sulfonamides is 1. The quantitative estimate of drug-likeness (QED) is 0.832. The highest BCUT2D eigenvalue weighted by Gasteiger charge is 2.20. The van der Waals surface area contributed by atoms with Gasteiger partial charge in [-0.15, -0.1) is 0 Å². The Morgan fingerprint density at radius 2 is 1.78 bits per heavy atom. The summed E-state index contributed by atoms with van der Waals surface area (Å²) in [7, 11) is -3.91. The maximum absolute atomic E-state index is 12.7. The van der Waals surface area contributed by atoms with E-state index in [0.29, 0.717) is 35.8 Å². The van der Waals surface area contributed by atoms with Crippen molar-refractivity contribution in [2.75, 3.05) is 13.2 Å². The Morgan fingerprint density at radius 3 is 2.44 bits per heavy atom. The Bertz CT molecular complexity index is 1000. The van der Waals surface area contributed by atoms with Gasteiger partial charge in [0.2, 0.25) is 10.0 Å². The third kappa shape index (κ3) is 4.06. The molecule has 1 aliphatic heterocycles. The molecule has 2 aromatic rings. The summed E-state index contributed by atoms with van der Waals surface area (Å²) in [5.74, 6) is 0.934. The predicted molar refractivity (Wildman–Crippen MR) is 101 cm³/mol. The molecular weight excluding hydrogens is 368 g/mol. The molecule has 3 N–H and O–H groups in total. The molecule has 27 heavy (non-hydrogen) atoms. The summed E-state index contributed by atoms with van der Waals surface area (Å²) in [6.45, 7) is 6.23. The zero-order valence-corrected chi connectivity index (χ0v) is 16.2. The molecule has 0 fully saturated rings. The topological polar surface area (TPSA) is 108 Å². The van der Waals surface area contributed by atoms with Crippen LogP contribution in [-0.4, -0.2) is 27.5 Å². The van der Waals surface area contributed by atoms with Crippen LogP contribution in [-0.2, 0) is 10.0 Å². The highest BCUT2D eigenvalue weighted by molar-refractivity contribution is 7.89. The molecular formula is C19H22N2O5S. The first-order chi connectivity index (χ1) is 12.7. The van der Waals surface area contributed by atoms with Crippen LogP contribution < -0.4 is 19.9 Å². The number of hydrogen-bond acceptors (Lipinski definition) is 5. The van der Waals surface area contributed by atoms with Crippen molar-refractivity contribution in [3.05, 3.63) is 52.6 Å². The first-order valence-corrected chi connectivity index (χ1v) is 10.1. The highest BCUT2D eigenvalue weighted by Crippen LogP contribution is 2.32. The molecule has 7 nitrogen and oxygen atoms in total. The summed E-state index contributed by atoms with van der Waals surface area (Å²) < 4.78 is 34.6. The minimum Gasteiger partial charge on any atom is -0.486 e. The fourth-order valence-corrected chi connectivity index (χ4v) is 3.83. The number of hydrogen-bond donors (Lipinski definition) is 2. The Kier molecular flexibility index (Phi) is 5.12. The molecule has 0 saturated carbocycles. The zero-order valence-electron chi connectivity index (χ0n) is 15.4. The van der Waals surface area contributed by atoms with Crippen molar-refractivity contribution in [1.82, 2.24) is 5.32 Å². The third-order valence-electron chi connectivity index (χ3n) is 4.60. The fraction of sp³-hybridized carbons (Fsp3) is 0.316. The number of nitrogens with one attached hydrogen (secondary N) is 1. The van der Waals surface area contributed by atoms with Gasteiger partial charge in [-0.05, 0) is 61.7 Å². The van der Waals surface area contributed by atoms with Gasteiger partial charge < -0.3 is 14.8 Å². The Morgan fingerprint density at radius 1 is 1.11 bits per heavy atom. The van der Waals surface area contributed by atoms with Gasteiger partial charge in [0, 0.05) is 5.56 Å². The van der Waals surface area contributed by atoms with Crippen molar-refractivity contribution < 1.29 is 22.7 Å². The number of rotatable bonds is 4. The largest absolute Gasteiger partial charge is 0.486 e. The van der Waals surface area contributed by atoms with Gasteiger partial charge in [-0.3, -0.25) is 4.79 Å². The minimum absolute atomic E-state index is 0.0420. The third-order valence-corrected chi connectivity index (χ3v) is 5.64. The average molecular weight is 390 g/mol. The van der Waals surface area contributed by atoms with E-state index in [1.54, 1.807) is 19.9 Å². The van der Waals surface area contributed by atoms with Crippen molar-refractivity contribution in [3.63, 3.8) is 0 Å². The molecule has 0 unspecified atom stereocenters. The second-order valence-electron chi connectivity index (χ2n) is 6.56. The number of ether oxygens (including phenoxy) is 2. The zero-order chi connectivity index (χ0) is 19.8. The summed E-state index contributed by atoms with van der Waals surface area (Å²) in [5, 5.41) is 8.14. The van der Waals surface area contributed by atoms with Gasteiger partial charge >= 0.3 is 0 Å². The van der Waals surface area contributed by atoms with E-state index in [1.807, 2.05) is 25.1 Å². The molecule has 0 saturated heterocycles. The van der Waals surface area contributed by atoms with Crippen molar-refractivity contribution in [3.8, 4) is 11.5 Å². The fourth-order valence-electron chi connectivity index (χ4n) is 2.95. The molecule has 0 bridgehead atoms. The molecule has 8 heteroatoms. The van der Waals surface area contributed by atoms with Gasteiger partial charge in [0.15, 0.2) is 11.5 Å². The lowest BCUT2D eigenvalue weighted by Gasteiger charge is -2.21. The lowest BCUT2D eigenvalue weighted by Crippen LogP contribution is -2.27. The van der Waals surface area contributed by atoms with Crippen LogP contribution in [0.15, 0.2) is 35.2 Å². The maximum Gasteiger partial charge on any atom is 0.251 e. The molecule has 2 aromatic carbocycles. The van der Waals surface area contributed by atoms with Crippen LogP contribution in [0.25, 0.3) is 0 Å². The lowest BCUT2D eigenvalue weighted by atomic mass is 10.0. The van der Waals surface area contributed by atoms with E-state index in [2.05, 4.69) is 5.32 Å². The van der Waals surface area contributed by atoms with Gasteiger partial charge in [-0.1, -0.05) is 6.07 Å². The van der Waals surface area contributed by atoms with E-state index in [9.17, 15) is 13.2 Å². The molecule has 0 aliphatic carbocycles. The van der Waals surface area contributed by atoms with E-state index in [4.69, 9.17) is 14.6 Å². The molecule has 1 heterocycles. The van der Waals surface area contributed by atoms with Crippen molar-refractivity contribution >= 4 is 15.9 Å². The second kappa shape index (κ2) is 7.21. The van der Waals surface area contributed by atoms with E-state index in [0.717, 1.165) is 5.56 Å². The summed E-state index contributed by atoms with van der Waals surface area (Å²) in [4.78, 5) is 12.6. The molecule has 0 radical (unpaired) electrons. The normalized spacial score (nSPS) is 14.5. The van der Waals surface area contributed by atoms with E-state index in [-0.39, 0.29) is 22.4 Å². The number of fused-ring (bicyclic) bond motifs is 1. The Hall–Kier alpha value is -2.58. The van der Waals surface area contributed by atoms with Crippen LogP contribution in [0, 0.1) is 13.8 Å². The Labute approximate surface area is 158 Å². The van der Waals surface area contributed by atoms with Crippen LogP contribution in [0.1, 0.15) is 40.0 Å². The van der Waals surface area contributed by atoms with Crippen molar-refractivity contribution in [2.45, 2.75) is 31.7 Å². The summed E-state index contributed by atoms with van der Waals surface area (Å²) in [6, 6.07) is 8.14. The predicted octanol–water partition coefficient (Wildman–Crippen LogP) is 2.21. The molecule has 1 atom stereocenters. The number of benzene rings is 2. The highest BCUT2D eigenvalue weighted by atomic mass is 32.2. The van der Waals surface area contributed by atoms with Gasteiger partial charge in [0.25, 0.3) is 5.91 Å². The smallest absolute Gasteiger partial charge is 0.251 e. The maximum atomic E-state index is 12.7. The van der Waals surface area contributed by atoms with Gasteiger partial charge in [0.05, 0.1) is 10.9 Å². The van der Waals surface area contributed by atoms with Crippen LogP contribution in [0.2, 0.25) is 0 Å². The number of primary sulfonamides is 1. The lowest BCUT2D eigenvalue weighted by molar-refractivity contribution is 0.0939. The van der Waals surface area contributed by atoms with E-state index < -0.39 is 10.0 Å². The minimum atomic E-state index is -3.91. The number of carbonyl (C=O) groups is 1. The number of nitrogens with two attached hydrogens (primary N) is 1. The van der Waals surface area contributed by atoms with Gasteiger partial charge in [-0.25, -0.2) is 13.6 Å². The number of aryl methyl sites for hydroxylation is 1. The summed E-state index contributed by atoms with van der Waals surface area (Å²) in [5.41, 5.74) is 2.31. The van der Waals surface area contributed by atoms with E-state index in [1.165, 1.54) is 6.07 Å². The average Bonchev–Trinajstić information content (AvgIpc) is 2.62. The first kappa shape index (κ1) is 19.2. The summed E-state index contributed by atoms with van der Waals surface area (Å²) >= 11 is 0. The molecule has 1 amide bonds. The van der Waals surface area contributed by atoms with Crippen molar-refractivity contribution in [2.24, 2.45) is 5.14 Å². The number of amides is 1. The summed E-state index contributed by atoms with van der Waals surface area (Å²) in [6.07, 6.45) is 0. The number of carbonyl (C=O) groups excluding carboxylic acids is 1. The first-order valence-electron chi connectivity index (χ1n) is 8.51.